The molecule has 1 spiro atoms. The lowest BCUT2D eigenvalue weighted by molar-refractivity contribution is -0.157. The van der Waals surface area contributed by atoms with Gasteiger partial charge in [-0.1, -0.05) is 13.3 Å². The van der Waals surface area contributed by atoms with Gasteiger partial charge in [-0.05, 0) is 44.4 Å². The highest BCUT2D eigenvalue weighted by molar-refractivity contribution is 4.95. The Morgan fingerprint density at radius 1 is 1.50 bits per heavy atom. The van der Waals surface area contributed by atoms with Crippen molar-refractivity contribution < 1.29 is 9.84 Å². The fraction of sp³-hybridized carbons (Fsp3) is 1.00. The highest BCUT2D eigenvalue weighted by Crippen LogP contribution is 2.45. The molecule has 1 aliphatic carbocycles. The van der Waals surface area contributed by atoms with Gasteiger partial charge in [0.15, 0.2) is 0 Å². The Balaban J connectivity index is 1.87. The Bertz CT molecular complexity index is 187. The van der Waals surface area contributed by atoms with Crippen molar-refractivity contribution >= 4 is 0 Å². The van der Waals surface area contributed by atoms with Crippen LogP contribution in [0.25, 0.3) is 0 Å². The summed E-state index contributed by atoms with van der Waals surface area (Å²) in [6.45, 7) is 3.01. The fourth-order valence-electron chi connectivity index (χ4n) is 2.85. The normalized spacial score (nSPS) is 32.6. The van der Waals surface area contributed by atoms with Crippen LogP contribution in [-0.4, -0.2) is 23.4 Å². The first kappa shape index (κ1) is 10.4. The van der Waals surface area contributed by atoms with Crippen LogP contribution in [0, 0.1) is 5.92 Å². The average molecular weight is 198 g/mol. The van der Waals surface area contributed by atoms with E-state index < -0.39 is 0 Å². The summed E-state index contributed by atoms with van der Waals surface area (Å²) in [6.07, 6.45) is 7.89. The molecule has 0 aromatic heterocycles. The molecule has 1 heterocycles. The van der Waals surface area contributed by atoms with Crippen LogP contribution in [0.4, 0.5) is 0 Å². The second-order valence-corrected chi connectivity index (χ2v) is 4.99. The first-order valence-corrected chi connectivity index (χ1v) is 6.08. The van der Waals surface area contributed by atoms with Gasteiger partial charge in [0.25, 0.3) is 0 Å². The summed E-state index contributed by atoms with van der Waals surface area (Å²) in [4.78, 5) is 0. The molecule has 2 aliphatic rings. The zero-order chi connectivity index (χ0) is 10.0. The van der Waals surface area contributed by atoms with Gasteiger partial charge in [0.05, 0.1) is 11.7 Å². The molecule has 2 rings (SSSR count). The van der Waals surface area contributed by atoms with E-state index in [4.69, 9.17) is 4.74 Å². The average Bonchev–Trinajstić information content (AvgIpc) is 2.16. The van der Waals surface area contributed by atoms with Gasteiger partial charge in [0, 0.05) is 6.61 Å². The summed E-state index contributed by atoms with van der Waals surface area (Å²) >= 11 is 0. The molecule has 1 N–H and O–H groups in total. The summed E-state index contributed by atoms with van der Waals surface area (Å²) < 4.78 is 5.85. The van der Waals surface area contributed by atoms with Gasteiger partial charge < -0.3 is 9.84 Å². The third-order valence-corrected chi connectivity index (χ3v) is 3.92. The van der Waals surface area contributed by atoms with Crippen LogP contribution in [0.3, 0.4) is 0 Å². The molecule has 1 aliphatic heterocycles. The van der Waals surface area contributed by atoms with E-state index in [9.17, 15) is 5.11 Å². The van der Waals surface area contributed by atoms with Crippen molar-refractivity contribution in [2.75, 3.05) is 6.61 Å². The monoisotopic (exact) mass is 198 g/mol. The SMILES string of the molecule is CCCC(O)C1CCOC2(CCC2)C1. The quantitative estimate of drug-likeness (QED) is 0.755. The number of aliphatic hydroxyl groups excluding tert-OH is 1. The molecule has 0 amide bonds. The first-order chi connectivity index (χ1) is 6.76. The van der Waals surface area contributed by atoms with E-state index in [0.717, 1.165) is 32.3 Å². The molecule has 1 saturated carbocycles. The maximum absolute atomic E-state index is 9.97. The van der Waals surface area contributed by atoms with Crippen molar-refractivity contribution in [3.63, 3.8) is 0 Å². The maximum atomic E-state index is 9.97. The number of rotatable bonds is 3. The number of aliphatic hydroxyl groups is 1. The molecule has 0 bridgehead atoms. The molecule has 0 radical (unpaired) electrons. The lowest BCUT2D eigenvalue weighted by Crippen LogP contribution is -2.47. The van der Waals surface area contributed by atoms with Crippen molar-refractivity contribution in [3.05, 3.63) is 0 Å². The van der Waals surface area contributed by atoms with Gasteiger partial charge in [-0.3, -0.25) is 0 Å². The van der Waals surface area contributed by atoms with Crippen LogP contribution in [0.5, 0.6) is 0 Å². The fourth-order valence-corrected chi connectivity index (χ4v) is 2.85. The Labute approximate surface area is 86.6 Å². The van der Waals surface area contributed by atoms with E-state index in [1.807, 2.05) is 0 Å². The van der Waals surface area contributed by atoms with Crippen molar-refractivity contribution in [2.24, 2.45) is 5.92 Å². The molecule has 2 unspecified atom stereocenters. The summed E-state index contributed by atoms with van der Waals surface area (Å²) in [5, 5.41) is 9.97. The topological polar surface area (TPSA) is 29.5 Å². The maximum Gasteiger partial charge on any atom is 0.0686 e. The van der Waals surface area contributed by atoms with E-state index in [-0.39, 0.29) is 11.7 Å². The molecule has 1 saturated heterocycles. The van der Waals surface area contributed by atoms with E-state index in [0.29, 0.717) is 5.92 Å². The molecular formula is C12H22O2. The van der Waals surface area contributed by atoms with E-state index in [2.05, 4.69) is 6.92 Å². The van der Waals surface area contributed by atoms with Gasteiger partial charge in [-0.15, -0.1) is 0 Å². The Hall–Kier alpha value is -0.0800. The molecule has 0 aromatic carbocycles. The molecule has 2 nitrogen and oxygen atoms in total. The second-order valence-electron chi connectivity index (χ2n) is 4.99. The Kier molecular flexibility index (Phi) is 3.13. The molecular weight excluding hydrogens is 176 g/mol. The number of hydrogen-bond acceptors (Lipinski definition) is 2. The van der Waals surface area contributed by atoms with Crippen LogP contribution in [-0.2, 0) is 4.74 Å². The number of ether oxygens (including phenoxy) is 1. The zero-order valence-electron chi connectivity index (χ0n) is 9.17. The Morgan fingerprint density at radius 3 is 2.86 bits per heavy atom. The van der Waals surface area contributed by atoms with Gasteiger partial charge in [0.2, 0.25) is 0 Å². The molecule has 14 heavy (non-hydrogen) atoms. The highest BCUT2D eigenvalue weighted by Gasteiger charge is 2.43. The lowest BCUT2D eigenvalue weighted by Gasteiger charge is -2.48. The zero-order valence-corrected chi connectivity index (χ0v) is 9.17. The van der Waals surface area contributed by atoms with E-state index in [1.54, 1.807) is 0 Å². The summed E-state index contributed by atoms with van der Waals surface area (Å²) in [5.74, 6) is 0.504. The molecule has 82 valence electrons. The van der Waals surface area contributed by atoms with Gasteiger partial charge >= 0.3 is 0 Å². The molecule has 0 aromatic rings. The third kappa shape index (κ3) is 1.96. The largest absolute Gasteiger partial charge is 0.393 e. The molecule has 2 atom stereocenters. The number of hydrogen-bond donors (Lipinski definition) is 1. The van der Waals surface area contributed by atoms with Gasteiger partial charge in [-0.2, -0.15) is 0 Å². The van der Waals surface area contributed by atoms with E-state index >= 15 is 0 Å². The van der Waals surface area contributed by atoms with Crippen LogP contribution in [0.15, 0.2) is 0 Å². The smallest absolute Gasteiger partial charge is 0.0686 e. The highest BCUT2D eigenvalue weighted by atomic mass is 16.5. The van der Waals surface area contributed by atoms with Crippen LogP contribution in [0.2, 0.25) is 0 Å². The first-order valence-electron chi connectivity index (χ1n) is 6.08. The minimum absolute atomic E-state index is 0.0821. The van der Waals surface area contributed by atoms with Crippen LogP contribution >= 0.6 is 0 Å². The summed E-state index contributed by atoms with van der Waals surface area (Å²) in [6, 6.07) is 0. The van der Waals surface area contributed by atoms with Gasteiger partial charge in [0.1, 0.15) is 0 Å². The van der Waals surface area contributed by atoms with Crippen LogP contribution in [0.1, 0.15) is 51.9 Å². The van der Waals surface area contributed by atoms with Crippen LogP contribution < -0.4 is 0 Å². The van der Waals surface area contributed by atoms with Crippen molar-refractivity contribution in [2.45, 2.75) is 63.6 Å². The van der Waals surface area contributed by atoms with Crippen molar-refractivity contribution in [1.82, 2.24) is 0 Å². The van der Waals surface area contributed by atoms with Gasteiger partial charge in [-0.25, -0.2) is 0 Å². The summed E-state index contributed by atoms with van der Waals surface area (Å²) in [5.41, 5.74) is 0.192. The molecule has 2 fully saturated rings. The lowest BCUT2D eigenvalue weighted by atomic mass is 9.70. The minimum atomic E-state index is -0.0821. The van der Waals surface area contributed by atoms with Crippen molar-refractivity contribution in [1.29, 1.82) is 0 Å². The van der Waals surface area contributed by atoms with Crippen molar-refractivity contribution in [3.8, 4) is 0 Å². The summed E-state index contributed by atoms with van der Waals surface area (Å²) in [7, 11) is 0. The van der Waals surface area contributed by atoms with E-state index in [1.165, 1.54) is 19.3 Å². The standard InChI is InChI=1S/C12H22O2/c1-2-4-11(13)10-5-8-14-12(9-10)6-3-7-12/h10-11,13H,2-9H2,1H3. The second kappa shape index (κ2) is 4.19. The minimum Gasteiger partial charge on any atom is -0.393 e. The molecule has 2 heteroatoms. The third-order valence-electron chi connectivity index (χ3n) is 3.92. The predicted octanol–water partition coefficient (Wildman–Crippen LogP) is 2.50. The predicted molar refractivity (Wildman–Crippen MR) is 56.2 cm³/mol. The Morgan fingerprint density at radius 2 is 2.29 bits per heavy atom.